The second-order valence-electron chi connectivity index (χ2n) is 4.42. The molecule has 0 bridgehead atoms. The van der Waals surface area contributed by atoms with E-state index < -0.39 is 0 Å². The molecular formula is C12H21NO2. The molecule has 1 unspecified atom stereocenters. The number of hydrogen-bond donors (Lipinski definition) is 1. The zero-order valence-electron chi connectivity index (χ0n) is 9.77. The summed E-state index contributed by atoms with van der Waals surface area (Å²) in [6, 6.07) is 0. The Balaban J connectivity index is 2.74. The van der Waals surface area contributed by atoms with Crippen molar-refractivity contribution in [3.05, 3.63) is 12.2 Å². The van der Waals surface area contributed by atoms with Crippen LogP contribution in [0.25, 0.3) is 0 Å². The van der Waals surface area contributed by atoms with Gasteiger partial charge in [-0.3, -0.25) is 4.79 Å². The molecular weight excluding hydrogens is 190 g/mol. The molecule has 1 atom stereocenters. The lowest BCUT2D eigenvalue weighted by Gasteiger charge is -2.35. The van der Waals surface area contributed by atoms with Crippen molar-refractivity contribution in [2.45, 2.75) is 33.1 Å². The number of rotatable bonds is 4. The monoisotopic (exact) mass is 211 g/mol. The third kappa shape index (κ3) is 3.06. The first-order chi connectivity index (χ1) is 7.10. The number of piperidine rings is 1. The number of carbonyl (C=O) groups excluding carboxylic acids is 1. The summed E-state index contributed by atoms with van der Waals surface area (Å²) in [5.74, 6) is -0.0693. The van der Waals surface area contributed by atoms with Crippen molar-refractivity contribution in [2.24, 2.45) is 5.41 Å². The van der Waals surface area contributed by atoms with E-state index in [0.717, 1.165) is 37.9 Å². The van der Waals surface area contributed by atoms with Gasteiger partial charge in [-0.15, -0.1) is 6.58 Å². The number of ether oxygens (including phenoxy) is 1. The highest BCUT2D eigenvalue weighted by molar-refractivity contribution is 5.77. The number of allylic oxidation sites excluding steroid dienone is 1. The zero-order valence-corrected chi connectivity index (χ0v) is 9.77. The molecule has 15 heavy (non-hydrogen) atoms. The van der Waals surface area contributed by atoms with Gasteiger partial charge in [0.05, 0.1) is 12.0 Å². The van der Waals surface area contributed by atoms with Crippen LogP contribution in [0.2, 0.25) is 0 Å². The lowest BCUT2D eigenvalue weighted by atomic mass is 9.76. The van der Waals surface area contributed by atoms with Crippen LogP contribution < -0.4 is 5.32 Å². The molecule has 0 radical (unpaired) electrons. The molecule has 0 amide bonds. The number of nitrogens with one attached hydrogen (secondary N) is 1. The van der Waals surface area contributed by atoms with E-state index in [0.29, 0.717) is 6.61 Å². The van der Waals surface area contributed by atoms with E-state index in [2.05, 4.69) is 11.9 Å². The predicted molar refractivity (Wildman–Crippen MR) is 60.6 cm³/mol. The van der Waals surface area contributed by atoms with Crippen LogP contribution in [0.3, 0.4) is 0 Å². The molecule has 1 rings (SSSR count). The highest BCUT2D eigenvalue weighted by atomic mass is 16.5. The van der Waals surface area contributed by atoms with Crippen molar-refractivity contribution in [2.75, 3.05) is 19.7 Å². The Hall–Kier alpha value is -0.830. The van der Waals surface area contributed by atoms with Gasteiger partial charge in [0.2, 0.25) is 0 Å². The van der Waals surface area contributed by atoms with Gasteiger partial charge in [0.25, 0.3) is 0 Å². The lowest BCUT2D eigenvalue weighted by molar-refractivity contribution is -0.156. The summed E-state index contributed by atoms with van der Waals surface area (Å²) in [5, 5.41) is 3.28. The molecule has 0 aromatic carbocycles. The summed E-state index contributed by atoms with van der Waals surface area (Å²) in [5.41, 5.74) is 0.687. The van der Waals surface area contributed by atoms with Crippen LogP contribution >= 0.6 is 0 Å². The zero-order chi connectivity index (χ0) is 11.3. The fraction of sp³-hybridized carbons (Fsp3) is 0.750. The van der Waals surface area contributed by atoms with Gasteiger partial charge < -0.3 is 10.1 Å². The first kappa shape index (κ1) is 12.2. The van der Waals surface area contributed by atoms with Crippen molar-refractivity contribution in [3.8, 4) is 0 Å². The second-order valence-corrected chi connectivity index (χ2v) is 4.42. The topological polar surface area (TPSA) is 38.3 Å². The number of hydrogen-bond acceptors (Lipinski definition) is 3. The first-order valence-electron chi connectivity index (χ1n) is 5.63. The van der Waals surface area contributed by atoms with Gasteiger partial charge in [0, 0.05) is 6.54 Å². The van der Waals surface area contributed by atoms with Gasteiger partial charge in [-0.1, -0.05) is 5.57 Å². The number of carbonyl (C=O) groups is 1. The Morgan fingerprint density at radius 1 is 1.60 bits per heavy atom. The van der Waals surface area contributed by atoms with Crippen LogP contribution in [0.4, 0.5) is 0 Å². The smallest absolute Gasteiger partial charge is 0.313 e. The van der Waals surface area contributed by atoms with E-state index in [-0.39, 0.29) is 11.4 Å². The van der Waals surface area contributed by atoms with E-state index >= 15 is 0 Å². The standard InChI is InChI=1S/C12H21NO2/c1-4-15-11(14)12(8-10(2)3)6-5-7-13-9-12/h13H,2,4-9H2,1,3H3. The highest BCUT2D eigenvalue weighted by Crippen LogP contribution is 2.34. The molecule has 3 nitrogen and oxygen atoms in total. The molecule has 86 valence electrons. The van der Waals surface area contributed by atoms with E-state index in [1.165, 1.54) is 0 Å². The predicted octanol–water partition coefficient (Wildman–Crippen LogP) is 1.89. The average Bonchev–Trinajstić information content (AvgIpc) is 2.18. The Labute approximate surface area is 91.9 Å². The molecule has 1 N–H and O–H groups in total. The highest BCUT2D eigenvalue weighted by Gasteiger charge is 2.40. The Morgan fingerprint density at radius 2 is 2.33 bits per heavy atom. The molecule has 1 saturated heterocycles. The largest absolute Gasteiger partial charge is 0.466 e. The van der Waals surface area contributed by atoms with Crippen molar-refractivity contribution in [1.29, 1.82) is 0 Å². The third-order valence-corrected chi connectivity index (χ3v) is 2.82. The summed E-state index contributed by atoms with van der Waals surface area (Å²) in [4.78, 5) is 12.0. The van der Waals surface area contributed by atoms with Crippen LogP contribution in [-0.4, -0.2) is 25.7 Å². The van der Waals surface area contributed by atoms with Crippen molar-refractivity contribution in [1.82, 2.24) is 5.32 Å². The van der Waals surface area contributed by atoms with Gasteiger partial charge in [-0.25, -0.2) is 0 Å². The maximum Gasteiger partial charge on any atom is 0.313 e. The lowest BCUT2D eigenvalue weighted by Crippen LogP contribution is -2.46. The van der Waals surface area contributed by atoms with Crippen LogP contribution in [0.15, 0.2) is 12.2 Å². The van der Waals surface area contributed by atoms with Gasteiger partial charge in [0.1, 0.15) is 0 Å². The first-order valence-corrected chi connectivity index (χ1v) is 5.63. The fourth-order valence-corrected chi connectivity index (χ4v) is 2.23. The molecule has 1 aliphatic heterocycles. The molecule has 0 aromatic rings. The molecule has 0 aromatic heterocycles. The third-order valence-electron chi connectivity index (χ3n) is 2.82. The van der Waals surface area contributed by atoms with Crippen molar-refractivity contribution >= 4 is 5.97 Å². The second kappa shape index (κ2) is 5.31. The molecule has 1 fully saturated rings. The molecule has 0 aliphatic carbocycles. The minimum atomic E-state index is -0.361. The van der Waals surface area contributed by atoms with Crippen molar-refractivity contribution in [3.63, 3.8) is 0 Å². The SMILES string of the molecule is C=C(C)CC1(C(=O)OCC)CCCNC1. The average molecular weight is 211 g/mol. The van der Waals surface area contributed by atoms with E-state index in [4.69, 9.17) is 4.74 Å². The minimum absolute atomic E-state index is 0.0693. The van der Waals surface area contributed by atoms with Crippen LogP contribution in [0, 0.1) is 5.41 Å². The molecule has 0 saturated carbocycles. The van der Waals surface area contributed by atoms with Crippen molar-refractivity contribution < 1.29 is 9.53 Å². The molecule has 0 spiro atoms. The molecule has 3 heteroatoms. The maximum atomic E-state index is 12.0. The summed E-state index contributed by atoms with van der Waals surface area (Å²) in [6.07, 6.45) is 2.68. The van der Waals surface area contributed by atoms with Crippen LogP contribution in [0.1, 0.15) is 33.1 Å². The maximum absolute atomic E-state index is 12.0. The van der Waals surface area contributed by atoms with Crippen LogP contribution in [0.5, 0.6) is 0 Å². The Bertz CT molecular complexity index is 242. The minimum Gasteiger partial charge on any atom is -0.466 e. The van der Waals surface area contributed by atoms with Gasteiger partial charge in [0.15, 0.2) is 0 Å². The summed E-state index contributed by atoms with van der Waals surface area (Å²) in [7, 11) is 0. The normalized spacial score (nSPS) is 26.0. The van der Waals surface area contributed by atoms with E-state index in [9.17, 15) is 4.79 Å². The Kier molecular flexibility index (Phi) is 4.33. The van der Waals surface area contributed by atoms with Gasteiger partial charge in [-0.05, 0) is 39.7 Å². The number of esters is 1. The van der Waals surface area contributed by atoms with Crippen LogP contribution in [-0.2, 0) is 9.53 Å². The fourth-order valence-electron chi connectivity index (χ4n) is 2.23. The summed E-state index contributed by atoms with van der Waals surface area (Å²) in [6.45, 7) is 9.89. The van der Waals surface area contributed by atoms with Gasteiger partial charge >= 0.3 is 5.97 Å². The van der Waals surface area contributed by atoms with E-state index in [1.807, 2.05) is 13.8 Å². The van der Waals surface area contributed by atoms with Gasteiger partial charge in [-0.2, -0.15) is 0 Å². The quantitative estimate of drug-likeness (QED) is 0.570. The Morgan fingerprint density at radius 3 is 2.80 bits per heavy atom. The summed E-state index contributed by atoms with van der Waals surface area (Å²) >= 11 is 0. The summed E-state index contributed by atoms with van der Waals surface area (Å²) < 4.78 is 5.17. The molecule has 1 heterocycles. The van der Waals surface area contributed by atoms with E-state index in [1.54, 1.807) is 0 Å². The molecule has 1 aliphatic rings.